The van der Waals surface area contributed by atoms with Gasteiger partial charge in [-0.1, -0.05) is 56.4 Å². The smallest absolute Gasteiger partial charge is 0.326 e. The molecule has 1 fully saturated rings. The van der Waals surface area contributed by atoms with Crippen LogP contribution in [0, 0.1) is 12.8 Å². The summed E-state index contributed by atoms with van der Waals surface area (Å²) in [6, 6.07) is 4.41. The Labute approximate surface area is 278 Å². The van der Waals surface area contributed by atoms with Gasteiger partial charge in [-0.05, 0) is 82.4 Å². The normalized spacial score (nSPS) is 16.1. The lowest BCUT2D eigenvalue weighted by Crippen LogP contribution is -2.57. The van der Waals surface area contributed by atoms with Crippen LogP contribution in [0.4, 0.5) is 0 Å². The number of carbonyl (C=O) groups is 4. The molecule has 0 aliphatic heterocycles. The molecule has 1 heterocycles. The molecule has 7 N–H and O–H groups in total. The van der Waals surface area contributed by atoms with Gasteiger partial charge in [-0.3, -0.25) is 14.4 Å². The van der Waals surface area contributed by atoms with E-state index in [9.17, 15) is 29.4 Å². The van der Waals surface area contributed by atoms with Crippen molar-refractivity contribution < 1.29 is 29.4 Å². The van der Waals surface area contributed by atoms with E-state index in [0.29, 0.717) is 25.8 Å². The zero-order chi connectivity index (χ0) is 34.2. The van der Waals surface area contributed by atoms with E-state index in [0.717, 1.165) is 69.3 Å². The first-order chi connectivity index (χ1) is 22.6. The summed E-state index contributed by atoms with van der Waals surface area (Å²) in [6.45, 7) is 4.37. The van der Waals surface area contributed by atoms with Crippen LogP contribution in [0.15, 0.2) is 36.7 Å². The van der Waals surface area contributed by atoms with Crippen LogP contribution < -0.4 is 21.7 Å². The number of benzene rings is 1. The third-order valence-electron chi connectivity index (χ3n) is 9.21. The van der Waals surface area contributed by atoms with E-state index < -0.39 is 54.3 Å². The van der Waals surface area contributed by atoms with Crippen LogP contribution in [-0.4, -0.2) is 74.7 Å². The number of carboxylic acids is 1. The lowest BCUT2D eigenvalue weighted by atomic mass is 9.84. The van der Waals surface area contributed by atoms with Crippen molar-refractivity contribution in [3.63, 3.8) is 0 Å². The largest absolute Gasteiger partial charge is 0.480 e. The second-order valence-electron chi connectivity index (χ2n) is 12.8. The van der Waals surface area contributed by atoms with Gasteiger partial charge in [0.2, 0.25) is 17.7 Å². The van der Waals surface area contributed by atoms with Crippen molar-refractivity contribution in [2.45, 2.75) is 121 Å². The van der Waals surface area contributed by atoms with Gasteiger partial charge in [-0.25, -0.2) is 9.78 Å². The Balaban J connectivity index is 1.54. The topological polar surface area (TPSA) is 189 Å². The maximum atomic E-state index is 13.3. The number of hydrogen-bond acceptors (Lipinski definition) is 7. The average Bonchev–Trinajstić information content (AvgIpc) is 3.49. The molecule has 1 aromatic carbocycles. The predicted octanol–water partition coefficient (Wildman–Crippen LogP) is 2.95. The Kier molecular flexibility index (Phi) is 15.9. The van der Waals surface area contributed by atoms with Crippen LogP contribution in [0.5, 0.6) is 0 Å². The molecule has 1 unspecified atom stereocenters. The quantitative estimate of drug-likeness (QED) is 0.118. The molecule has 12 heteroatoms. The molecule has 47 heavy (non-hydrogen) atoms. The summed E-state index contributed by atoms with van der Waals surface area (Å²) in [5.74, 6) is -2.23. The van der Waals surface area contributed by atoms with Crippen LogP contribution in [0.3, 0.4) is 0 Å². The molecule has 3 rings (SSSR count). The molecule has 1 aromatic heterocycles. The Bertz CT molecular complexity index is 1280. The van der Waals surface area contributed by atoms with Gasteiger partial charge in [0.05, 0.1) is 12.5 Å². The number of aliphatic hydroxyl groups is 1. The van der Waals surface area contributed by atoms with E-state index in [4.69, 9.17) is 5.73 Å². The third-order valence-corrected chi connectivity index (χ3v) is 9.21. The van der Waals surface area contributed by atoms with Crippen molar-refractivity contribution in [2.24, 2.45) is 11.7 Å². The number of hydrogen-bond donors (Lipinski definition) is 6. The second-order valence-corrected chi connectivity index (χ2v) is 12.8. The molecule has 0 radical (unpaired) electrons. The number of rotatable bonds is 20. The van der Waals surface area contributed by atoms with Crippen LogP contribution >= 0.6 is 0 Å². The van der Waals surface area contributed by atoms with Crippen molar-refractivity contribution in [2.75, 3.05) is 13.2 Å². The van der Waals surface area contributed by atoms with Crippen molar-refractivity contribution in [3.8, 4) is 0 Å². The van der Waals surface area contributed by atoms with Gasteiger partial charge in [0.25, 0.3) is 0 Å². The molecule has 12 nitrogen and oxygen atoms in total. The van der Waals surface area contributed by atoms with Gasteiger partial charge in [0, 0.05) is 18.9 Å². The zero-order valence-electron chi connectivity index (χ0n) is 28.0. The van der Waals surface area contributed by atoms with Crippen LogP contribution in [0.25, 0.3) is 0 Å². The molecular formula is C35H54N6O6. The molecular weight excluding hydrogens is 600 g/mol. The lowest BCUT2D eigenvalue weighted by molar-refractivity contribution is -0.143. The number of nitrogens with two attached hydrogens (primary N) is 1. The molecule has 1 saturated carbocycles. The Morgan fingerprint density at radius 3 is 2.19 bits per heavy atom. The van der Waals surface area contributed by atoms with E-state index in [2.05, 4.69) is 25.5 Å². The molecule has 0 spiro atoms. The first-order valence-electron chi connectivity index (χ1n) is 17.1. The first-order valence-corrected chi connectivity index (χ1v) is 17.1. The number of aryl methyl sites for hydroxylation is 3. The predicted molar refractivity (Wildman–Crippen MR) is 179 cm³/mol. The maximum Gasteiger partial charge on any atom is 0.326 e. The minimum atomic E-state index is -1.29. The summed E-state index contributed by atoms with van der Waals surface area (Å²) < 4.78 is 2.13. The van der Waals surface area contributed by atoms with Crippen molar-refractivity contribution in [1.82, 2.24) is 25.5 Å². The van der Waals surface area contributed by atoms with Crippen LogP contribution in [0.1, 0.15) is 100 Å². The van der Waals surface area contributed by atoms with Gasteiger partial charge in [0.15, 0.2) is 0 Å². The van der Waals surface area contributed by atoms with Crippen LogP contribution in [0.2, 0.25) is 0 Å². The minimum absolute atomic E-state index is 0.227. The molecule has 4 atom stereocenters. The number of carboxylic acid groups (broad SMARTS) is 1. The van der Waals surface area contributed by atoms with Crippen LogP contribution in [-0.2, 0) is 32.1 Å². The summed E-state index contributed by atoms with van der Waals surface area (Å²) >= 11 is 0. The molecule has 1 aliphatic carbocycles. The third kappa shape index (κ3) is 12.4. The lowest BCUT2D eigenvalue weighted by Gasteiger charge is -2.27. The zero-order valence-corrected chi connectivity index (χ0v) is 28.0. The summed E-state index contributed by atoms with van der Waals surface area (Å²) in [6.07, 6.45) is 13.6. The van der Waals surface area contributed by atoms with E-state index in [1.807, 2.05) is 37.4 Å². The number of aliphatic carboxylic acids is 1. The maximum absolute atomic E-state index is 13.3. The fraction of sp³-hybridized carbons (Fsp3) is 0.629. The Morgan fingerprint density at radius 1 is 0.915 bits per heavy atom. The number of amides is 3. The van der Waals surface area contributed by atoms with Crippen molar-refractivity contribution >= 4 is 23.7 Å². The van der Waals surface area contributed by atoms with E-state index >= 15 is 0 Å². The summed E-state index contributed by atoms with van der Waals surface area (Å²) in [4.78, 5) is 55.8. The van der Waals surface area contributed by atoms with Gasteiger partial charge < -0.3 is 36.5 Å². The van der Waals surface area contributed by atoms with Gasteiger partial charge >= 0.3 is 5.97 Å². The fourth-order valence-corrected chi connectivity index (χ4v) is 6.15. The highest BCUT2D eigenvalue weighted by atomic mass is 16.4. The highest BCUT2D eigenvalue weighted by Gasteiger charge is 2.31. The highest BCUT2D eigenvalue weighted by Crippen LogP contribution is 2.27. The second kappa shape index (κ2) is 19.8. The van der Waals surface area contributed by atoms with Gasteiger partial charge in [-0.15, -0.1) is 0 Å². The average molecular weight is 655 g/mol. The minimum Gasteiger partial charge on any atom is -0.480 e. The number of unbranched alkanes of at least 4 members (excludes halogenated alkanes) is 2. The molecule has 3 amide bonds. The van der Waals surface area contributed by atoms with Gasteiger partial charge in [-0.2, -0.15) is 0 Å². The Morgan fingerprint density at radius 2 is 1.57 bits per heavy atom. The molecule has 0 saturated heterocycles. The fourth-order valence-electron chi connectivity index (χ4n) is 6.15. The summed E-state index contributed by atoms with van der Waals surface area (Å²) in [7, 11) is 0. The number of aromatic nitrogens is 2. The number of nitrogens with zero attached hydrogens (tertiary/aromatic N) is 2. The Hall–Kier alpha value is -3.77. The van der Waals surface area contributed by atoms with E-state index in [1.54, 1.807) is 13.1 Å². The standard InChI is InChI=1S/C35H54N6O6/c1-24(28-16-14-26(15-17-28)10-7-9-20-41-21-19-37-25(41)2)32(43)40-31(23-42)34(45)38-29(13-6-8-18-36)33(44)39-30(35(46)47)22-27-11-4-3-5-12-27/h14-17,19,21,24,27,29-31,42H,3-13,18,20,22-23,36H2,1-2H3,(H,38,45)(H,39,44)(H,40,43)(H,46,47)/t24?,29-,30+,31-/m0/s1. The first kappa shape index (κ1) is 37.7. The number of carbonyl (C=O) groups excluding carboxylic acids is 3. The van der Waals surface area contributed by atoms with Gasteiger partial charge in [0.1, 0.15) is 23.9 Å². The summed E-state index contributed by atoms with van der Waals surface area (Å²) in [5.41, 5.74) is 7.56. The number of imidazole rings is 1. The van der Waals surface area contributed by atoms with Crippen molar-refractivity contribution in [1.29, 1.82) is 0 Å². The monoisotopic (exact) mass is 654 g/mol. The molecule has 0 bridgehead atoms. The van der Waals surface area contributed by atoms with Crippen molar-refractivity contribution in [3.05, 3.63) is 53.6 Å². The molecule has 2 aromatic rings. The summed E-state index contributed by atoms with van der Waals surface area (Å²) in [5, 5.41) is 27.7. The highest BCUT2D eigenvalue weighted by molar-refractivity contribution is 5.94. The molecule has 1 aliphatic rings. The van der Waals surface area contributed by atoms with E-state index in [-0.39, 0.29) is 12.3 Å². The number of aliphatic hydroxyl groups excluding tert-OH is 1. The number of nitrogens with one attached hydrogen (secondary N) is 3. The molecule has 260 valence electrons. The SMILES string of the molecule is Cc1nccn1CCCCc1ccc(C(C)C(=O)N[C@@H](CO)C(=O)N[C@@H](CCCCN)C(=O)N[C@H](CC2CCCCC2)C(=O)O)cc1. The van der Waals surface area contributed by atoms with E-state index in [1.165, 1.54) is 5.56 Å².